The van der Waals surface area contributed by atoms with Crippen molar-refractivity contribution in [3.8, 4) is 0 Å². The van der Waals surface area contributed by atoms with Gasteiger partial charge in [0.2, 0.25) is 0 Å². The Kier molecular flexibility index (Phi) is 4.26. The van der Waals surface area contributed by atoms with Crippen molar-refractivity contribution in [1.29, 1.82) is 0 Å². The highest BCUT2D eigenvalue weighted by atomic mass is 16.5. The van der Waals surface area contributed by atoms with E-state index >= 15 is 0 Å². The molecule has 0 aromatic rings. The maximum absolute atomic E-state index is 11.8. The molecule has 1 unspecified atom stereocenters. The molecule has 1 saturated heterocycles. The van der Waals surface area contributed by atoms with Gasteiger partial charge in [-0.15, -0.1) is 0 Å². The molecule has 0 radical (unpaired) electrons. The Hall–Kier alpha value is -1.14. The molecular weight excluding hydrogens is 214 g/mol. The summed E-state index contributed by atoms with van der Waals surface area (Å²) in [7, 11) is 1.57. The first-order valence-electron chi connectivity index (χ1n) is 5.23. The Bertz CT molecular complexity index is 280. The third kappa shape index (κ3) is 2.70. The molecule has 92 valence electrons. The molecule has 2 N–H and O–H groups in total. The Morgan fingerprint density at radius 1 is 1.44 bits per heavy atom. The predicted molar refractivity (Wildman–Crippen MR) is 54.8 cm³/mol. The van der Waals surface area contributed by atoms with Crippen molar-refractivity contribution in [2.75, 3.05) is 13.7 Å². The van der Waals surface area contributed by atoms with E-state index in [1.807, 2.05) is 0 Å². The molecule has 6 nitrogen and oxygen atoms in total. The fraction of sp³-hybridized carbons (Fsp3) is 0.800. The van der Waals surface area contributed by atoms with Crippen molar-refractivity contribution in [2.24, 2.45) is 0 Å². The first kappa shape index (κ1) is 12.9. The Balaban J connectivity index is 2.54. The molecule has 0 aliphatic carbocycles. The SMILES string of the molecule is CC(CO)N(C)C(=O)[C@@H]1CC[C@H](C(=O)O)O1. The molecule has 1 fully saturated rings. The number of aliphatic carboxylic acids is 1. The Labute approximate surface area is 93.8 Å². The summed E-state index contributed by atoms with van der Waals surface area (Å²) in [5.74, 6) is -1.31. The van der Waals surface area contributed by atoms with Gasteiger partial charge in [0.25, 0.3) is 5.91 Å². The van der Waals surface area contributed by atoms with Crippen LogP contribution in [-0.4, -0.2) is 58.9 Å². The molecule has 6 heteroatoms. The molecule has 0 aromatic heterocycles. The number of ether oxygens (including phenoxy) is 1. The van der Waals surface area contributed by atoms with Crippen LogP contribution in [0.4, 0.5) is 0 Å². The van der Waals surface area contributed by atoms with Crippen LogP contribution < -0.4 is 0 Å². The molecule has 1 aliphatic heterocycles. The number of amides is 1. The lowest BCUT2D eigenvalue weighted by atomic mass is 10.1. The van der Waals surface area contributed by atoms with Gasteiger partial charge in [0, 0.05) is 7.05 Å². The van der Waals surface area contributed by atoms with Crippen molar-refractivity contribution >= 4 is 11.9 Å². The minimum absolute atomic E-state index is 0.128. The van der Waals surface area contributed by atoms with Gasteiger partial charge in [-0.1, -0.05) is 0 Å². The normalized spacial score (nSPS) is 26.4. The smallest absolute Gasteiger partial charge is 0.332 e. The fourth-order valence-corrected chi connectivity index (χ4v) is 1.57. The van der Waals surface area contributed by atoms with Crippen LogP contribution in [0, 0.1) is 0 Å². The van der Waals surface area contributed by atoms with Gasteiger partial charge in [0.15, 0.2) is 6.10 Å². The van der Waals surface area contributed by atoms with Crippen LogP contribution in [0.15, 0.2) is 0 Å². The van der Waals surface area contributed by atoms with Crippen molar-refractivity contribution in [3.05, 3.63) is 0 Å². The van der Waals surface area contributed by atoms with Gasteiger partial charge >= 0.3 is 5.97 Å². The summed E-state index contributed by atoms with van der Waals surface area (Å²) >= 11 is 0. The van der Waals surface area contributed by atoms with E-state index in [1.165, 1.54) is 4.90 Å². The summed E-state index contributed by atoms with van der Waals surface area (Å²) in [4.78, 5) is 23.8. The molecule has 1 aliphatic rings. The number of hydrogen-bond acceptors (Lipinski definition) is 4. The molecule has 3 atom stereocenters. The maximum Gasteiger partial charge on any atom is 0.332 e. The van der Waals surface area contributed by atoms with Crippen LogP contribution in [-0.2, 0) is 14.3 Å². The zero-order chi connectivity index (χ0) is 12.3. The summed E-state index contributed by atoms with van der Waals surface area (Å²) in [6.07, 6.45) is -0.808. The molecule has 0 spiro atoms. The number of carboxylic acids is 1. The molecule has 1 rings (SSSR count). The van der Waals surface area contributed by atoms with E-state index in [9.17, 15) is 9.59 Å². The zero-order valence-electron chi connectivity index (χ0n) is 9.42. The zero-order valence-corrected chi connectivity index (χ0v) is 9.42. The van der Waals surface area contributed by atoms with Gasteiger partial charge in [-0.25, -0.2) is 4.79 Å². The van der Waals surface area contributed by atoms with Gasteiger partial charge in [-0.3, -0.25) is 4.79 Å². The maximum atomic E-state index is 11.8. The molecule has 0 aromatic carbocycles. The first-order chi connectivity index (χ1) is 7.47. The average Bonchev–Trinajstić information content (AvgIpc) is 2.75. The lowest BCUT2D eigenvalue weighted by Gasteiger charge is -2.25. The second-order valence-corrected chi connectivity index (χ2v) is 4.01. The van der Waals surface area contributed by atoms with E-state index in [4.69, 9.17) is 14.9 Å². The van der Waals surface area contributed by atoms with Crippen LogP contribution >= 0.6 is 0 Å². The van der Waals surface area contributed by atoms with Gasteiger partial charge < -0.3 is 19.8 Å². The minimum atomic E-state index is -1.03. The number of hydrogen-bond donors (Lipinski definition) is 2. The third-order valence-electron chi connectivity index (χ3n) is 2.84. The quantitative estimate of drug-likeness (QED) is 0.678. The van der Waals surface area contributed by atoms with Crippen molar-refractivity contribution in [3.63, 3.8) is 0 Å². The van der Waals surface area contributed by atoms with Crippen molar-refractivity contribution in [2.45, 2.75) is 38.0 Å². The van der Waals surface area contributed by atoms with Gasteiger partial charge in [0.1, 0.15) is 6.10 Å². The third-order valence-corrected chi connectivity index (χ3v) is 2.84. The number of aliphatic hydroxyl groups excluding tert-OH is 1. The first-order valence-corrected chi connectivity index (χ1v) is 5.23. The number of carbonyl (C=O) groups is 2. The molecule has 1 heterocycles. The topological polar surface area (TPSA) is 87.1 Å². The molecule has 0 saturated carbocycles. The lowest BCUT2D eigenvalue weighted by molar-refractivity contribution is -0.155. The number of carboxylic acid groups (broad SMARTS) is 1. The Morgan fingerprint density at radius 3 is 2.44 bits per heavy atom. The van der Waals surface area contributed by atoms with E-state index < -0.39 is 18.2 Å². The summed E-state index contributed by atoms with van der Waals surface area (Å²) in [6, 6.07) is -0.292. The van der Waals surface area contributed by atoms with Gasteiger partial charge in [-0.2, -0.15) is 0 Å². The van der Waals surface area contributed by atoms with E-state index in [0.717, 1.165) is 0 Å². The predicted octanol–water partition coefficient (Wildman–Crippen LogP) is -0.542. The van der Waals surface area contributed by atoms with Crippen molar-refractivity contribution in [1.82, 2.24) is 4.90 Å². The average molecular weight is 231 g/mol. The van der Waals surface area contributed by atoms with Crippen LogP contribution in [0.2, 0.25) is 0 Å². The lowest BCUT2D eigenvalue weighted by Crippen LogP contribution is -2.43. The monoisotopic (exact) mass is 231 g/mol. The fourth-order valence-electron chi connectivity index (χ4n) is 1.57. The van der Waals surface area contributed by atoms with Crippen LogP contribution in [0.5, 0.6) is 0 Å². The van der Waals surface area contributed by atoms with Crippen LogP contribution in [0.1, 0.15) is 19.8 Å². The molecular formula is C10H17NO5. The number of carbonyl (C=O) groups excluding carboxylic acids is 1. The summed E-state index contributed by atoms with van der Waals surface area (Å²) in [6.45, 7) is 1.58. The standard InChI is InChI=1S/C10H17NO5/c1-6(5-12)11(2)9(13)7-3-4-8(16-7)10(14)15/h6-8,12H,3-5H2,1-2H3,(H,14,15)/t6?,7-,8+/m0/s1. The number of rotatable bonds is 4. The van der Waals surface area contributed by atoms with Gasteiger partial charge in [0.05, 0.1) is 12.6 Å². The van der Waals surface area contributed by atoms with E-state index in [-0.39, 0.29) is 18.6 Å². The molecule has 0 bridgehead atoms. The summed E-state index contributed by atoms with van der Waals surface area (Å²) < 4.78 is 5.13. The highest BCUT2D eigenvalue weighted by Crippen LogP contribution is 2.21. The highest BCUT2D eigenvalue weighted by Gasteiger charge is 2.36. The van der Waals surface area contributed by atoms with Crippen molar-refractivity contribution < 1.29 is 24.5 Å². The second-order valence-electron chi connectivity index (χ2n) is 4.01. The minimum Gasteiger partial charge on any atom is -0.479 e. The number of nitrogens with zero attached hydrogens (tertiary/aromatic N) is 1. The largest absolute Gasteiger partial charge is 0.479 e. The number of likely N-dealkylation sites (N-methyl/N-ethyl adjacent to an activating group) is 1. The van der Waals surface area contributed by atoms with E-state index in [0.29, 0.717) is 12.8 Å². The van der Waals surface area contributed by atoms with Crippen LogP contribution in [0.25, 0.3) is 0 Å². The van der Waals surface area contributed by atoms with E-state index in [2.05, 4.69) is 0 Å². The number of aliphatic hydroxyl groups is 1. The highest BCUT2D eigenvalue weighted by molar-refractivity contribution is 5.82. The van der Waals surface area contributed by atoms with Gasteiger partial charge in [-0.05, 0) is 19.8 Å². The second kappa shape index (κ2) is 5.27. The van der Waals surface area contributed by atoms with Crippen LogP contribution in [0.3, 0.4) is 0 Å². The summed E-state index contributed by atoms with van der Waals surface area (Å²) in [5, 5.41) is 17.6. The Morgan fingerprint density at radius 2 is 2.00 bits per heavy atom. The molecule has 16 heavy (non-hydrogen) atoms. The molecule has 1 amide bonds. The van der Waals surface area contributed by atoms with E-state index in [1.54, 1.807) is 14.0 Å². The summed E-state index contributed by atoms with van der Waals surface area (Å²) in [5.41, 5.74) is 0.